The summed E-state index contributed by atoms with van der Waals surface area (Å²) in [5.41, 5.74) is 1.34. The molecule has 2 aromatic rings. The highest BCUT2D eigenvalue weighted by molar-refractivity contribution is 5.77. The number of aliphatic hydroxyl groups is 1. The van der Waals surface area contributed by atoms with E-state index in [-0.39, 0.29) is 12.3 Å². The Bertz CT molecular complexity index is 702. The molecule has 0 saturated heterocycles. The maximum atomic E-state index is 12.1. The van der Waals surface area contributed by atoms with E-state index in [1.807, 2.05) is 18.2 Å². The van der Waals surface area contributed by atoms with Crippen LogP contribution in [0.1, 0.15) is 51.3 Å². The normalized spacial score (nSPS) is 17.1. The van der Waals surface area contributed by atoms with Crippen LogP contribution in [0.4, 0.5) is 0 Å². The Morgan fingerprint density at radius 3 is 2.79 bits per heavy atom. The number of carbonyl (C=O) groups excluding carboxylic acids is 1. The van der Waals surface area contributed by atoms with Crippen LogP contribution in [0.15, 0.2) is 24.3 Å². The van der Waals surface area contributed by atoms with Gasteiger partial charge in [0, 0.05) is 19.5 Å². The molecule has 0 aliphatic heterocycles. The summed E-state index contributed by atoms with van der Waals surface area (Å²) in [4.78, 5) is 16.8. The lowest BCUT2D eigenvalue weighted by Gasteiger charge is -2.31. The van der Waals surface area contributed by atoms with Crippen molar-refractivity contribution in [2.75, 3.05) is 6.54 Å². The van der Waals surface area contributed by atoms with Crippen LogP contribution in [0.25, 0.3) is 11.0 Å². The topological polar surface area (TPSA) is 67.2 Å². The fourth-order valence-corrected chi connectivity index (χ4v) is 3.73. The van der Waals surface area contributed by atoms with Crippen LogP contribution in [0, 0.1) is 0 Å². The quantitative estimate of drug-likeness (QED) is 0.856. The van der Waals surface area contributed by atoms with Gasteiger partial charge in [-0.25, -0.2) is 4.98 Å². The van der Waals surface area contributed by atoms with Gasteiger partial charge >= 0.3 is 0 Å². The third-order valence-corrected chi connectivity index (χ3v) is 4.99. The summed E-state index contributed by atoms with van der Waals surface area (Å²) in [6.07, 6.45) is 5.60. The summed E-state index contributed by atoms with van der Waals surface area (Å²) >= 11 is 0. The van der Waals surface area contributed by atoms with Gasteiger partial charge in [0.05, 0.1) is 23.1 Å². The minimum absolute atomic E-state index is 0.0569. The number of hydrogen-bond acceptors (Lipinski definition) is 3. The van der Waals surface area contributed by atoms with E-state index in [0.717, 1.165) is 55.5 Å². The van der Waals surface area contributed by atoms with Crippen molar-refractivity contribution in [3.63, 3.8) is 0 Å². The van der Waals surface area contributed by atoms with Crippen LogP contribution in [0.2, 0.25) is 0 Å². The van der Waals surface area contributed by atoms with Crippen molar-refractivity contribution >= 4 is 16.9 Å². The Morgan fingerprint density at radius 2 is 2.04 bits per heavy atom. The average Bonchev–Trinajstić information content (AvgIpc) is 2.92. The molecule has 1 heterocycles. The number of nitrogens with one attached hydrogen (secondary N) is 1. The molecule has 0 atom stereocenters. The molecule has 1 aromatic carbocycles. The van der Waals surface area contributed by atoms with Gasteiger partial charge in [-0.15, -0.1) is 0 Å². The van der Waals surface area contributed by atoms with E-state index in [1.165, 1.54) is 0 Å². The molecule has 2 N–H and O–H groups in total. The molecule has 0 radical (unpaired) electrons. The third-order valence-electron chi connectivity index (χ3n) is 4.99. The number of para-hydroxylation sites is 2. The highest BCUT2D eigenvalue weighted by Crippen LogP contribution is 2.30. The first kappa shape index (κ1) is 17.0. The number of rotatable bonds is 6. The third kappa shape index (κ3) is 3.78. The molecule has 0 bridgehead atoms. The van der Waals surface area contributed by atoms with Gasteiger partial charge in [-0.05, 0) is 31.9 Å². The number of aryl methyl sites for hydroxylation is 1. The largest absolute Gasteiger partial charge is 0.389 e. The number of hydrogen-bond donors (Lipinski definition) is 2. The molecule has 1 saturated carbocycles. The summed E-state index contributed by atoms with van der Waals surface area (Å²) in [7, 11) is 0. The number of nitrogens with zero attached hydrogens (tertiary/aromatic N) is 2. The summed E-state index contributed by atoms with van der Waals surface area (Å²) in [6, 6.07) is 8.10. The van der Waals surface area contributed by atoms with Crippen LogP contribution >= 0.6 is 0 Å². The zero-order valence-electron chi connectivity index (χ0n) is 14.4. The van der Waals surface area contributed by atoms with E-state index in [2.05, 4.69) is 27.9 Å². The van der Waals surface area contributed by atoms with Crippen LogP contribution in [0.3, 0.4) is 0 Å². The molecule has 0 spiro atoms. The van der Waals surface area contributed by atoms with E-state index < -0.39 is 5.60 Å². The molecule has 3 rings (SSSR count). The molecular formula is C19H27N3O2. The first-order valence-electron chi connectivity index (χ1n) is 9.04. The van der Waals surface area contributed by atoms with Gasteiger partial charge in [0.15, 0.2) is 0 Å². The first-order chi connectivity index (χ1) is 11.6. The minimum atomic E-state index is -0.793. The second-order valence-electron chi connectivity index (χ2n) is 6.82. The van der Waals surface area contributed by atoms with E-state index >= 15 is 0 Å². The van der Waals surface area contributed by atoms with Crippen molar-refractivity contribution < 1.29 is 9.90 Å². The van der Waals surface area contributed by atoms with E-state index in [0.29, 0.717) is 13.0 Å². The van der Waals surface area contributed by atoms with Crippen molar-refractivity contribution in [1.29, 1.82) is 0 Å². The molecule has 5 heteroatoms. The SMILES string of the molecule is CCn1c(CCNC(=O)CC2(O)CCCCC2)nc2ccccc21. The Hall–Kier alpha value is -1.88. The lowest BCUT2D eigenvalue weighted by atomic mass is 9.82. The number of carbonyl (C=O) groups is 1. The molecule has 0 unspecified atom stereocenters. The Balaban J connectivity index is 1.55. The number of aromatic nitrogens is 2. The van der Waals surface area contributed by atoms with Gasteiger partial charge < -0.3 is 15.0 Å². The van der Waals surface area contributed by atoms with Crippen molar-refractivity contribution in [3.8, 4) is 0 Å². The van der Waals surface area contributed by atoms with Gasteiger partial charge in [-0.2, -0.15) is 0 Å². The van der Waals surface area contributed by atoms with E-state index in [1.54, 1.807) is 0 Å². The first-order valence-corrected chi connectivity index (χ1v) is 9.04. The number of amides is 1. The summed E-state index contributed by atoms with van der Waals surface area (Å²) < 4.78 is 2.19. The van der Waals surface area contributed by atoms with Gasteiger partial charge in [0.25, 0.3) is 0 Å². The van der Waals surface area contributed by atoms with Crippen molar-refractivity contribution in [2.24, 2.45) is 0 Å². The maximum absolute atomic E-state index is 12.1. The highest BCUT2D eigenvalue weighted by atomic mass is 16.3. The lowest BCUT2D eigenvalue weighted by Crippen LogP contribution is -2.39. The molecule has 130 valence electrons. The standard InChI is InChI=1S/C19H27N3O2/c1-2-22-16-9-5-4-8-15(16)21-17(22)10-13-20-18(23)14-19(24)11-6-3-7-12-19/h4-5,8-9,24H,2-3,6-7,10-14H2,1H3,(H,20,23). The fraction of sp³-hybridized carbons (Fsp3) is 0.579. The zero-order valence-corrected chi connectivity index (χ0v) is 14.4. The van der Waals surface area contributed by atoms with Crippen LogP contribution in [-0.4, -0.2) is 32.7 Å². The average molecular weight is 329 g/mol. The predicted octanol–water partition coefficient (Wildman–Crippen LogP) is 2.80. The van der Waals surface area contributed by atoms with Crippen LogP contribution in [0.5, 0.6) is 0 Å². The minimum Gasteiger partial charge on any atom is -0.389 e. The summed E-state index contributed by atoms with van der Waals surface area (Å²) in [5, 5.41) is 13.4. The van der Waals surface area contributed by atoms with Crippen LogP contribution < -0.4 is 5.32 Å². The molecular weight excluding hydrogens is 302 g/mol. The smallest absolute Gasteiger partial charge is 0.222 e. The van der Waals surface area contributed by atoms with E-state index in [4.69, 9.17) is 0 Å². The molecule has 1 fully saturated rings. The van der Waals surface area contributed by atoms with Gasteiger partial charge in [-0.3, -0.25) is 4.79 Å². The Labute approximate surface area is 143 Å². The molecule has 1 aromatic heterocycles. The Morgan fingerprint density at radius 1 is 1.29 bits per heavy atom. The van der Waals surface area contributed by atoms with Crippen molar-refractivity contribution in [3.05, 3.63) is 30.1 Å². The molecule has 1 aliphatic carbocycles. The fourth-order valence-electron chi connectivity index (χ4n) is 3.73. The van der Waals surface area contributed by atoms with Gasteiger partial charge in [-0.1, -0.05) is 31.4 Å². The van der Waals surface area contributed by atoms with Crippen LogP contribution in [-0.2, 0) is 17.8 Å². The number of benzene rings is 1. The second kappa shape index (κ2) is 7.34. The van der Waals surface area contributed by atoms with Crippen molar-refractivity contribution in [1.82, 2.24) is 14.9 Å². The molecule has 1 aliphatic rings. The summed E-state index contributed by atoms with van der Waals surface area (Å²) in [5.74, 6) is 0.939. The second-order valence-corrected chi connectivity index (χ2v) is 6.82. The summed E-state index contributed by atoms with van der Waals surface area (Å²) in [6.45, 7) is 3.52. The molecule has 5 nitrogen and oxygen atoms in total. The molecule has 24 heavy (non-hydrogen) atoms. The number of imidazole rings is 1. The van der Waals surface area contributed by atoms with E-state index in [9.17, 15) is 9.90 Å². The van der Waals surface area contributed by atoms with Gasteiger partial charge in [0.1, 0.15) is 5.82 Å². The molecule has 1 amide bonds. The highest BCUT2D eigenvalue weighted by Gasteiger charge is 2.31. The lowest BCUT2D eigenvalue weighted by molar-refractivity contribution is -0.127. The maximum Gasteiger partial charge on any atom is 0.222 e. The van der Waals surface area contributed by atoms with Crippen molar-refractivity contribution in [2.45, 2.75) is 64.0 Å². The monoisotopic (exact) mass is 329 g/mol. The Kier molecular flexibility index (Phi) is 5.19. The zero-order chi connectivity index (χ0) is 17.0. The van der Waals surface area contributed by atoms with Gasteiger partial charge in [0.2, 0.25) is 5.91 Å². The predicted molar refractivity (Wildman–Crippen MR) is 94.8 cm³/mol. The number of fused-ring (bicyclic) bond motifs is 1.